The fraction of sp³-hybridized carbons (Fsp3) is 0.111. The lowest BCUT2D eigenvalue weighted by Gasteiger charge is -2.01. The monoisotopic (exact) mass is 203 g/mol. The summed E-state index contributed by atoms with van der Waals surface area (Å²) in [5, 5.41) is 36.9. The first-order valence-corrected chi connectivity index (χ1v) is 3.87. The summed E-state index contributed by atoms with van der Waals surface area (Å²) < 4.78 is 0. The van der Waals surface area contributed by atoms with Crippen molar-refractivity contribution in [1.82, 2.24) is 0 Å². The van der Waals surface area contributed by atoms with Gasteiger partial charge in [0.05, 0.1) is 29.0 Å². The Morgan fingerprint density at radius 2 is 2.13 bits per heavy atom. The minimum absolute atomic E-state index is 0.0952. The van der Waals surface area contributed by atoms with Crippen LogP contribution in [0.3, 0.4) is 0 Å². The summed E-state index contributed by atoms with van der Waals surface area (Å²) in [5.41, 5.74) is -0.273. The van der Waals surface area contributed by atoms with Crippen LogP contribution in [0.15, 0.2) is 12.1 Å². The molecular weight excluding hydrogens is 198 g/mol. The molecule has 0 atom stereocenters. The molecule has 0 saturated heterocycles. The van der Waals surface area contributed by atoms with Crippen molar-refractivity contribution in [2.75, 3.05) is 0 Å². The van der Waals surface area contributed by atoms with Gasteiger partial charge in [0.25, 0.3) is 5.69 Å². The van der Waals surface area contributed by atoms with Gasteiger partial charge in [-0.3, -0.25) is 10.1 Å². The molecule has 0 aliphatic rings. The minimum atomic E-state index is -0.693. The molecule has 0 aliphatic carbocycles. The third-order valence-electron chi connectivity index (χ3n) is 1.78. The summed E-state index contributed by atoms with van der Waals surface area (Å²) in [4.78, 5) is 9.75. The Morgan fingerprint density at radius 3 is 2.60 bits per heavy atom. The van der Waals surface area contributed by atoms with Gasteiger partial charge in [-0.25, -0.2) is 0 Å². The van der Waals surface area contributed by atoms with Crippen molar-refractivity contribution in [2.45, 2.75) is 6.42 Å². The van der Waals surface area contributed by atoms with Crippen molar-refractivity contribution < 1.29 is 10.0 Å². The molecule has 0 amide bonds. The second-order valence-corrected chi connectivity index (χ2v) is 2.70. The lowest BCUT2D eigenvalue weighted by atomic mass is 10.0. The van der Waals surface area contributed by atoms with Gasteiger partial charge in [0.15, 0.2) is 0 Å². The van der Waals surface area contributed by atoms with E-state index in [0.29, 0.717) is 0 Å². The number of phenolic OH excluding ortho intramolecular Hbond substituents is 1. The molecule has 0 heterocycles. The molecule has 0 aliphatic heterocycles. The third kappa shape index (κ3) is 2.01. The number of nitro groups is 1. The molecule has 6 heteroatoms. The van der Waals surface area contributed by atoms with Crippen LogP contribution >= 0.6 is 0 Å². The van der Waals surface area contributed by atoms with E-state index in [4.69, 9.17) is 10.5 Å². The minimum Gasteiger partial charge on any atom is -0.506 e. The molecule has 0 aromatic heterocycles. The summed E-state index contributed by atoms with van der Waals surface area (Å²) in [5.74, 6) is -0.475. The van der Waals surface area contributed by atoms with Crippen molar-refractivity contribution in [3.8, 4) is 17.9 Å². The van der Waals surface area contributed by atoms with E-state index in [1.807, 2.05) is 0 Å². The van der Waals surface area contributed by atoms with Gasteiger partial charge in [-0.2, -0.15) is 10.5 Å². The summed E-state index contributed by atoms with van der Waals surface area (Å²) in [6.45, 7) is 0. The molecule has 1 N–H and O–H groups in total. The summed E-state index contributed by atoms with van der Waals surface area (Å²) >= 11 is 0. The molecule has 6 nitrogen and oxygen atoms in total. The van der Waals surface area contributed by atoms with E-state index < -0.39 is 10.7 Å². The van der Waals surface area contributed by atoms with Crippen LogP contribution in [0.5, 0.6) is 5.75 Å². The van der Waals surface area contributed by atoms with Crippen LogP contribution in [0.2, 0.25) is 0 Å². The number of rotatable bonds is 2. The first kappa shape index (κ1) is 10.5. The van der Waals surface area contributed by atoms with Gasteiger partial charge in [-0.1, -0.05) is 0 Å². The second kappa shape index (κ2) is 4.07. The Balaban J connectivity index is 3.41. The molecule has 0 radical (unpaired) electrons. The average molecular weight is 203 g/mol. The highest BCUT2D eigenvalue weighted by atomic mass is 16.6. The first-order valence-electron chi connectivity index (χ1n) is 3.87. The van der Waals surface area contributed by atoms with Crippen molar-refractivity contribution in [2.24, 2.45) is 0 Å². The average Bonchev–Trinajstić information content (AvgIpc) is 2.17. The molecule has 1 aromatic rings. The highest BCUT2D eigenvalue weighted by molar-refractivity contribution is 5.55. The topological polar surface area (TPSA) is 111 Å². The molecule has 0 unspecified atom stereocenters. The number of nitrogens with zero attached hydrogens (tertiary/aromatic N) is 3. The van der Waals surface area contributed by atoms with Crippen molar-refractivity contribution >= 4 is 5.69 Å². The molecule has 0 fully saturated rings. The maximum Gasteiger partial charge on any atom is 0.273 e. The Labute approximate surface area is 84.8 Å². The van der Waals surface area contributed by atoms with E-state index in [9.17, 15) is 15.2 Å². The number of non-ortho nitro benzene ring substituents is 1. The lowest BCUT2D eigenvalue weighted by Crippen LogP contribution is -1.94. The van der Waals surface area contributed by atoms with E-state index >= 15 is 0 Å². The number of nitro benzene ring substituents is 1. The number of hydrogen-bond acceptors (Lipinski definition) is 5. The largest absolute Gasteiger partial charge is 0.506 e. The number of benzene rings is 1. The fourth-order valence-electron chi connectivity index (χ4n) is 1.13. The van der Waals surface area contributed by atoms with E-state index in [1.165, 1.54) is 0 Å². The Kier molecular flexibility index (Phi) is 2.85. The number of aromatic hydroxyl groups is 1. The predicted molar refractivity (Wildman–Crippen MR) is 48.8 cm³/mol. The summed E-state index contributed by atoms with van der Waals surface area (Å²) in [6, 6.07) is 5.46. The van der Waals surface area contributed by atoms with E-state index in [-0.39, 0.29) is 23.2 Å². The number of nitriles is 2. The molecule has 1 rings (SSSR count). The molecule has 1 aromatic carbocycles. The smallest absolute Gasteiger partial charge is 0.273 e. The van der Waals surface area contributed by atoms with Crippen molar-refractivity contribution in [3.63, 3.8) is 0 Å². The van der Waals surface area contributed by atoms with Gasteiger partial charge in [-0.15, -0.1) is 0 Å². The predicted octanol–water partition coefficient (Wildman–Crippen LogP) is 1.24. The van der Waals surface area contributed by atoms with Crippen LogP contribution in [0.1, 0.15) is 11.1 Å². The standard InChI is InChI=1S/C9H5N3O3/c10-2-1-6-3-7(12(14)15)4-9(13)8(6)5-11/h3-4,13H,1H2. The Bertz CT molecular complexity index is 497. The fourth-order valence-corrected chi connectivity index (χ4v) is 1.13. The van der Waals surface area contributed by atoms with Crippen LogP contribution in [0.4, 0.5) is 5.69 Å². The summed E-state index contributed by atoms with van der Waals surface area (Å²) in [6.07, 6.45) is -0.155. The molecule has 0 spiro atoms. The maximum absolute atomic E-state index is 10.4. The van der Waals surface area contributed by atoms with E-state index in [2.05, 4.69) is 0 Å². The van der Waals surface area contributed by atoms with Crippen LogP contribution < -0.4 is 0 Å². The zero-order valence-electron chi connectivity index (χ0n) is 7.47. The molecule has 15 heavy (non-hydrogen) atoms. The second-order valence-electron chi connectivity index (χ2n) is 2.70. The Hall–Kier alpha value is -2.60. The van der Waals surface area contributed by atoms with Gasteiger partial charge in [-0.05, 0) is 5.56 Å². The molecular formula is C9H5N3O3. The van der Waals surface area contributed by atoms with Crippen molar-refractivity contribution in [3.05, 3.63) is 33.4 Å². The molecule has 0 saturated carbocycles. The van der Waals surface area contributed by atoms with Gasteiger partial charge in [0, 0.05) is 6.07 Å². The zero-order chi connectivity index (χ0) is 11.4. The van der Waals surface area contributed by atoms with Crippen LogP contribution in [0, 0.1) is 32.8 Å². The van der Waals surface area contributed by atoms with Crippen LogP contribution in [-0.4, -0.2) is 10.0 Å². The van der Waals surface area contributed by atoms with Gasteiger partial charge >= 0.3 is 0 Å². The van der Waals surface area contributed by atoms with Gasteiger partial charge < -0.3 is 5.11 Å². The normalized spacial score (nSPS) is 8.93. The SMILES string of the molecule is N#CCc1cc([N+](=O)[O-])cc(O)c1C#N. The van der Waals surface area contributed by atoms with Crippen LogP contribution in [-0.2, 0) is 6.42 Å². The molecule has 0 bridgehead atoms. The highest BCUT2D eigenvalue weighted by Gasteiger charge is 2.15. The van der Waals surface area contributed by atoms with Crippen molar-refractivity contribution in [1.29, 1.82) is 10.5 Å². The van der Waals surface area contributed by atoms with Crippen LogP contribution in [0.25, 0.3) is 0 Å². The van der Waals surface area contributed by atoms with E-state index in [0.717, 1.165) is 12.1 Å². The highest BCUT2D eigenvalue weighted by Crippen LogP contribution is 2.27. The number of phenols is 1. The van der Waals surface area contributed by atoms with E-state index in [1.54, 1.807) is 12.1 Å². The van der Waals surface area contributed by atoms with Gasteiger partial charge in [0.2, 0.25) is 0 Å². The summed E-state index contributed by atoms with van der Waals surface area (Å²) in [7, 11) is 0. The zero-order valence-corrected chi connectivity index (χ0v) is 7.47. The quantitative estimate of drug-likeness (QED) is 0.574. The first-order chi connectivity index (χ1) is 7.10. The lowest BCUT2D eigenvalue weighted by molar-refractivity contribution is -0.385. The number of hydrogen-bond donors (Lipinski definition) is 1. The van der Waals surface area contributed by atoms with Gasteiger partial charge in [0.1, 0.15) is 11.8 Å². The molecule has 74 valence electrons. The Morgan fingerprint density at radius 1 is 1.47 bits per heavy atom. The third-order valence-corrected chi connectivity index (χ3v) is 1.78. The maximum atomic E-state index is 10.4.